The highest BCUT2D eigenvalue weighted by Crippen LogP contribution is 2.09. The quantitative estimate of drug-likeness (QED) is 0.334. The molecule has 0 rings (SSSR count). The zero-order valence-electron chi connectivity index (χ0n) is 5.34. The number of esters is 1. The molecule has 0 aliphatic rings. The molecule has 0 aliphatic heterocycles. The van der Waals surface area contributed by atoms with Gasteiger partial charge in [0.05, 0.1) is 7.11 Å². The summed E-state index contributed by atoms with van der Waals surface area (Å²) in [5.74, 6) is -1.95. The first-order chi connectivity index (χ1) is 4.90. The van der Waals surface area contributed by atoms with E-state index >= 15 is 0 Å². The third-order valence-electron chi connectivity index (χ3n) is 0.673. The maximum Gasteiger partial charge on any atom is 0.411 e. The van der Waals surface area contributed by atoms with Crippen molar-refractivity contribution in [2.24, 2.45) is 0 Å². The molecular formula is C3H5F2NO4S. The van der Waals surface area contributed by atoms with Gasteiger partial charge in [0.25, 0.3) is 0 Å². The predicted molar refractivity (Wildman–Crippen MR) is 30.4 cm³/mol. The number of halogens is 2. The number of hydrogen-bond donors (Lipinski definition) is 2. The van der Waals surface area contributed by atoms with Crippen LogP contribution in [0.25, 0.3) is 0 Å². The average Bonchev–Trinajstić information content (AvgIpc) is 1.83. The lowest BCUT2D eigenvalue weighted by atomic mass is 10.6. The normalized spacial score (nSPS) is 11.6. The summed E-state index contributed by atoms with van der Waals surface area (Å²) in [6.07, 6.45) is 0. The zero-order valence-corrected chi connectivity index (χ0v) is 6.23. The molecule has 0 aliphatic carbocycles. The molecule has 0 heterocycles. The van der Waals surface area contributed by atoms with Gasteiger partial charge >= 0.3 is 12.0 Å². The van der Waals surface area contributed by atoms with Gasteiger partial charge < -0.3 is 4.74 Å². The lowest BCUT2D eigenvalue weighted by Crippen LogP contribution is -2.43. The Morgan fingerprint density at radius 2 is 2.00 bits per heavy atom. The second kappa shape index (κ2) is 3.58. The standard InChI is InChI=1S/C3H5F2NO4S/c1-10-2(7)3(4,5)6-11(8)9/h11H,1H3,(H,6,8,9). The van der Waals surface area contributed by atoms with Crippen LogP contribution in [0.3, 0.4) is 0 Å². The van der Waals surface area contributed by atoms with Crippen LogP contribution in [0.1, 0.15) is 0 Å². The van der Waals surface area contributed by atoms with Crippen molar-refractivity contribution in [3.63, 3.8) is 0 Å². The van der Waals surface area contributed by atoms with E-state index in [1.807, 2.05) is 0 Å². The number of rotatable bonds is 3. The largest absolute Gasteiger partial charge is 0.463 e. The Morgan fingerprint density at radius 1 is 1.55 bits per heavy atom. The van der Waals surface area contributed by atoms with E-state index in [0.717, 1.165) is 7.11 Å². The Kier molecular flexibility index (Phi) is 3.33. The smallest absolute Gasteiger partial charge is 0.411 e. The fourth-order valence-electron chi connectivity index (χ4n) is 0.288. The highest BCUT2D eigenvalue weighted by Gasteiger charge is 2.40. The maximum atomic E-state index is 12.1. The highest BCUT2D eigenvalue weighted by atomic mass is 32.2. The Hall–Kier alpha value is -0.760. The van der Waals surface area contributed by atoms with Crippen molar-refractivity contribution in [3.8, 4) is 0 Å². The molecule has 0 fully saturated rings. The van der Waals surface area contributed by atoms with Crippen molar-refractivity contribution in [1.29, 1.82) is 0 Å². The van der Waals surface area contributed by atoms with Crippen LogP contribution in [0.2, 0.25) is 0 Å². The monoisotopic (exact) mass is 189 g/mol. The van der Waals surface area contributed by atoms with E-state index in [1.54, 1.807) is 0 Å². The summed E-state index contributed by atoms with van der Waals surface area (Å²) in [6.45, 7) is 0. The first-order valence-corrected chi connectivity index (χ1v) is 3.46. The van der Waals surface area contributed by atoms with Crippen LogP contribution in [-0.2, 0) is 20.4 Å². The average molecular weight is 189 g/mol. The number of thiol groups is 1. The minimum absolute atomic E-state index is 0.716. The van der Waals surface area contributed by atoms with Crippen molar-refractivity contribution < 1.29 is 26.7 Å². The molecule has 0 radical (unpaired) electrons. The van der Waals surface area contributed by atoms with Crippen LogP contribution in [0.15, 0.2) is 0 Å². The van der Waals surface area contributed by atoms with E-state index < -0.39 is 22.9 Å². The molecular weight excluding hydrogens is 184 g/mol. The summed E-state index contributed by atoms with van der Waals surface area (Å²) in [4.78, 5) is 10.1. The maximum absolute atomic E-state index is 12.1. The molecule has 0 saturated carbocycles. The Labute approximate surface area is 62.4 Å². The molecule has 1 N–H and O–H groups in total. The molecule has 66 valence electrons. The second-order valence-corrected chi connectivity index (χ2v) is 2.17. The van der Waals surface area contributed by atoms with Gasteiger partial charge in [-0.05, 0) is 0 Å². The van der Waals surface area contributed by atoms with Crippen molar-refractivity contribution >= 4 is 16.9 Å². The van der Waals surface area contributed by atoms with Gasteiger partial charge in [-0.3, -0.25) is 0 Å². The third-order valence-corrected chi connectivity index (χ3v) is 1.14. The Balaban J connectivity index is 4.32. The SMILES string of the molecule is COC(=O)C(F)(F)N[SH](=O)=O. The molecule has 0 aromatic carbocycles. The second-order valence-electron chi connectivity index (χ2n) is 1.43. The van der Waals surface area contributed by atoms with Crippen molar-refractivity contribution in [3.05, 3.63) is 0 Å². The topological polar surface area (TPSA) is 72.5 Å². The van der Waals surface area contributed by atoms with Gasteiger partial charge in [-0.25, -0.2) is 13.2 Å². The Bertz CT molecular complexity index is 217. The molecule has 0 spiro atoms. The van der Waals surface area contributed by atoms with Crippen LogP contribution in [0.4, 0.5) is 8.78 Å². The van der Waals surface area contributed by atoms with Gasteiger partial charge in [-0.15, -0.1) is 4.72 Å². The fraction of sp³-hybridized carbons (Fsp3) is 0.667. The highest BCUT2D eigenvalue weighted by molar-refractivity contribution is 7.70. The lowest BCUT2D eigenvalue weighted by molar-refractivity contribution is -0.170. The number of hydrogen-bond acceptors (Lipinski definition) is 4. The van der Waals surface area contributed by atoms with Crippen molar-refractivity contribution in [2.75, 3.05) is 7.11 Å². The van der Waals surface area contributed by atoms with Crippen molar-refractivity contribution in [2.45, 2.75) is 6.05 Å². The van der Waals surface area contributed by atoms with E-state index in [4.69, 9.17) is 0 Å². The molecule has 0 atom stereocenters. The predicted octanol–water partition coefficient (Wildman–Crippen LogP) is -1.13. The van der Waals surface area contributed by atoms with E-state index in [-0.39, 0.29) is 0 Å². The van der Waals surface area contributed by atoms with Crippen LogP contribution < -0.4 is 4.72 Å². The van der Waals surface area contributed by atoms with Crippen molar-refractivity contribution in [1.82, 2.24) is 4.72 Å². The summed E-state index contributed by atoms with van der Waals surface area (Å²) in [5, 5.41) is 0. The first kappa shape index (κ1) is 10.2. The zero-order chi connectivity index (χ0) is 9.07. The van der Waals surface area contributed by atoms with E-state index in [1.165, 1.54) is 0 Å². The molecule has 0 bridgehead atoms. The molecule has 5 nitrogen and oxygen atoms in total. The van der Waals surface area contributed by atoms with Crippen LogP contribution >= 0.6 is 0 Å². The van der Waals surface area contributed by atoms with E-state index in [2.05, 4.69) is 4.74 Å². The molecule has 0 saturated heterocycles. The number of carbonyl (C=O) groups excluding carboxylic acids is 1. The first-order valence-electron chi connectivity index (χ1n) is 2.28. The molecule has 0 amide bonds. The number of nitrogens with one attached hydrogen (secondary N) is 1. The molecule has 8 heteroatoms. The van der Waals surface area contributed by atoms with Gasteiger partial charge in [-0.1, -0.05) is 0 Å². The lowest BCUT2D eigenvalue weighted by Gasteiger charge is -2.09. The minimum atomic E-state index is -4.18. The van der Waals surface area contributed by atoms with Crippen LogP contribution in [0, 0.1) is 0 Å². The summed E-state index contributed by atoms with van der Waals surface area (Å²) in [7, 11) is -2.81. The number of alkyl halides is 2. The third kappa shape index (κ3) is 3.23. The van der Waals surface area contributed by atoms with Crippen LogP contribution in [-0.4, -0.2) is 27.5 Å². The minimum Gasteiger partial charge on any atom is -0.463 e. The summed E-state index contributed by atoms with van der Waals surface area (Å²) >= 11 is 0. The van der Waals surface area contributed by atoms with Crippen LogP contribution in [0.5, 0.6) is 0 Å². The van der Waals surface area contributed by atoms with Gasteiger partial charge in [0, 0.05) is 0 Å². The summed E-state index contributed by atoms with van der Waals surface area (Å²) in [5.41, 5.74) is 0. The summed E-state index contributed by atoms with van der Waals surface area (Å²) < 4.78 is 47.9. The van der Waals surface area contributed by atoms with Gasteiger partial charge in [0.1, 0.15) is 0 Å². The fourth-order valence-corrected chi connectivity index (χ4v) is 0.609. The van der Waals surface area contributed by atoms with Gasteiger partial charge in [-0.2, -0.15) is 8.78 Å². The molecule has 0 aromatic heterocycles. The molecule has 11 heavy (non-hydrogen) atoms. The summed E-state index contributed by atoms with van der Waals surface area (Å²) in [6, 6.07) is -4.18. The number of methoxy groups -OCH3 is 1. The van der Waals surface area contributed by atoms with Gasteiger partial charge in [0.15, 0.2) is 0 Å². The Morgan fingerprint density at radius 3 is 2.27 bits per heavy atom. The molecule has 0 unspecified atom stereocenters. The molecule has 0 aromatic rings. The van der Waals surface area contributed by atoms with Gasteiger partial charge in [0.2, 0.25) is 10.9 Å². The number of carbonyl (C=O) groups is 1. The number of ether oxygens (including phenoxy) is 1. The van der Waals surface area contributed by atoms with E-state index in [9.17, 15) is 22.0 Å². The van der Waals surface area contributed by atoms with E-state index in [0.29, 0.717) is 4.72 Å².